The molecule has 0 rings (SSSR count). The van der Waals surface area contributed by atoms with Crippen molar-refractivity contribution in [2.75, 3.05) is 0 Å². The fraction of sp³-hybridized carbons (Fsp3) is 0. The largest absolute Gasteiger partial charge is 0.0149 e. The van der Waals surface area contributed by atoms with E-state index in [0.29, 0.717) is 0 Å². The van der Waals surface area contributed by atoms with Crippen molar-refractivity contribution in [3.63, 3.8) is 0 Å². The minimum absolute atomic E-state index is 0. The van der Waals surface area contributed by atoms with Gasteiger partial charge in [-0.05, 0) is 11.0 Å². The maximum absolute atomic E-state index is 0. The molecule has 4 heavy (non-hydrogen) atoms. The molecule has 0 saturated heterocycles. The first-order valence-electron chi connectivity index (χ1n) is 0. The van der Waals surface area contributed by atoms with E-state index >= 15 is 0 Å². The van der Waals surface area contributed by atoms with Gasteiger partial charge in [0.2, 0.25) is 0 Å². The summed E-state index contributed by atoms with van der Waals surface area (Å²) in [6.07, 6.45) is 0. The second-order valence-electron chi connectivity index (χ2n) is 0. The molecular formula is H4BNiNoSi. The van der Waals surface area contributed by atoms with Crippen LogP contribution in [0.4, 0.5) is 0 Å². The molecule has 0 aliphatic carbocycles. The van der Waals surface area contributed by atoms with Crippen LogP contribution in [0.1, 0.15) is 0 Å². The topological polar surface area (TPSA) is 0 Å². The standard InChI is InChI=1S/B.Ni.No.H4Si/h;;;1H4. The third-order valence-electron chi connectivity index (χ3n) is 0. The molecule has 4 heteroatoms. The molecule has 35 valence electrons. The summed E-state index contributed by atoms with van der Waals surface area (Å²) in [7, 11) is 0. The summed E-state index contributed by atoms with van der Waals surface area (Å²) in [6, 6.07) is 0. The average molecular weight is 361 g/mol. The van der Waals surface area contributed by atoms with Gasteiger partial charge in [0.05, 0.1) is 0 Å². The predicted molar refractivity (Wildman–Crippen MR) is 17.1 cm³/mol. The van der Waals surface area contributed by atoms with Gasteiger partial charge in [-0.25, -0.2) is 0 Å². The SMILES string of the molecule is [B].[Ni].[No].[SiH4]. The molecule has 0 bridgehead atoms. The normalized spacial score (nSPS) is 0. The number of hydrogen-bond acceptors (Lipinski definition) is 0. The van der Waals surface area contributed by atoms with Crippen LogP contribution in [0.2, 0.25) is 0 Å². The van der Waals surface area contributed by atoms with Gasteiger partial charge in [0.1, 0.15) is 0 Å². The Balaban J connectivity index is 0. The molecule has 0 saturated carbocycles. The van der Waals surface area contributed by atoms with Crippen molar-refractivity contribution in [2.24, 2.45) is 0 Å². The quantitative estimate of drug-likeness (QED) is 0.446. The van der Waals surface area contributed by atoms with E-state index in [9.17, 15) is 0 Å². The average Bonchev–Trinajstić information content (AvgIpc) is 0. The molecule has 0 aromatic rings. The van der Waals surface area contributed by atoms with E-state index in [0.717, 1.165) is 0 Å². The maximum Gasteiger partial charge on any atom is 0 e. The van der Waals surface area contributed by atoms with Crippen molar-refractivity contribution < 1.29 is 16.5 Å². The fourth-order valence-corrected chi connectivity index (χ4v) is 0. The van der Waals surface area contributed by atoms with Crippen LogP contribution in [0.25, 0.3) is 0 Å². The molecule has 0 spiro atoms. The van der Waals surface area contributed by atoms with Gasteiger partial charge >= 0.3 is 0 Å². The first-order valence-corrected chi connectivity index (χ1v) is 0. The Kier molecular flexibility index (Phi) is 25000. The molecule has 3 radical (unpaired) electrons. The monoisotopic (exact) mass is 360 g/mol. The van der Waals surface area contributed by atoms with Crippen LogP contribution in [0.15, 0.2) is 0 Å². The van der Waals surface area contributed by atoms with Crippen LogP contribution in [0.5, 0.6) is 0 Å². The minimum Gasteiger partial charge on any atom is -0.0149 e. The van der Waals surface area contributed by atoms with Gasteiger partial charge in [-0.1, -0.05) is 0 Å². The van der Waals surface area contributed by atoms with Crippen molar-refractivity contribution in [1.29, 1.82) is 0 Å². The third kappa shape index (κ3) is 21.1. The summed E-state index contributed by atoms with van der Waals surface area (Å²) >= 11 is 0. The van der Waals surface area contributed by atoms with E-state index in [1.165, 1.54) is 0 Å². The van der Waals surface area contributed by atoms with Crippen molar-refractivity contribution in [1.82, 2.24) is 0 Å². The molecule has 0 amide bonds. The van der Waals surface area contributed by atoms with E-state index in [-0.39, 0.29) is 35.9 Å². The van der Waals surface area contributed by atoms with Crippen LogP contribution in [0, 0.1) is 0 Å². The predicted octanol–water partition coefficient (Wildman–Crippen LogP) is -1.83. The molecular weight excluding hydrogens is 357 g/mol. The van der Waals surface area contributed by atoms with Crippen LogP contribution >= 0.6 is 0 Å². The molecule has 0 N–H and O–H groups in total. The molecule has 0 unspecified atom stereocenters. The Hall–Kier alpha value is -0.225. The molecule has 0 aromatic heterocycles. The Morgan fingerprint density at radius 2 is 1.00 bits per heavy atom. The number of hydrogen-bond donors (Lipinski definition) is 0. The third-order valence-corrected chi connectivity index (χ3v) is 0. The molecule has 0 nitrogen and oxygen atoms in total. The Morgan fingerprint density at radius 3 is 1.00 bits per heavy atom. The molecule has 0 aliphatic heterocycles. The summed E-state index contributed by atoms with van der Waals surface area (Å²) in [4.78, 5) is 0. The van der Waals surface area contributed by atoms with Crippen LogP contribution in [-0.2, 0) is 16.5 Å². The summed E-state index contributed by atoms with van der Waals surface area (Å²) in [6.45, 7) is 0. The van der Waals surface area contributed by atoms with Crippen LogP contribution in [-0.4, -0.2) is 19.4 Å². The zero-order chi connectivity index (χ0) is 0. The summed E-state index contributed by atoms with van der Waals surface area (Å²) in [5.41, 5.74) is 0. The van der Waals surface area contributed by atoms with Crippen molar-refractivity contribution >= 4 is 19.4 Å². The van der Waals surface area contributed by atoms with E-state index in [1.807, 2.05) is 0 Å². The van der Waals surface area contributed by atoms with E-state index in [4.69, 9.17) is 0 Å². The fourth-order valence-electron chi connectivity index (χ4n) is 0. The first-order chi connectivity index (χ1) is 0. The second-order valence-corrected chi connectivity index (χ2v) is 0. The first kappa shape index (κ1) is 576. The van der Waals surface area contributed by atoms with E-state index in [2.05, 4.69) is 0 Å². The van der Waals surface area contributed by atoms with Gasteiger partial charge in [-0.2, -0.15) is 0 Å². The maximum atomic E-state index is 0. The molecule has 0 atom stereocenters. The van der Waals surface area contributed by atoms with Gasteiger partial charge in [-0.15, -0.1) is 0 Å². The van der Waals surface area contributed by atoms with E-state index < -0.39 is 0 Å². The molecule has 0 aromatic carbocycles. The van der Waals surface area contributed by atoms with Gasteiger partial charge in [0.25, 0.3) is 0 Å². The molecule has 0 fully saturated rings. The van der Waals surface area contributed by atoms with Crippen molar-refractivity contribution in [3.8, 4) is 0 Å². The Morgan fingerprint density at radius 1 is 1.00 bits per heavy atom. The molecule has 0 heterocycles. The second kappa shape index (κ2) is 173. The zero-order valence-electron chi connectivity index (χ0n) is 1.16. The molecule has 0 aliphatic rings. The Bertz CT molecular complexity index is 8.00. The summed E-state index contributed by atoms with van der Waals surface area (Å²) in [5, 5.41) is 0. The van der Waals surface area contributed by atoms with Gasteiger partial charge < -0.3 is 0 Å². The summed E-state index contributed by atoms with van der Waals surface area (Å²) in [5.74, 6) is 0. The van der Waals surface area contributed by atoms with Gasteiger partial charge in [0.15, 0.2) is 0 Å². The number of rotatable bonds is 0. The van der Waals surface area contributed by atoms with Crippen LogP contribution in [0.3, 0.4) is 0 Å². The Labute approximate surface area is 36.5 Å². The minimum atomic E-state index is 0. The van der Waals surface area contributed by atoms with Gasteiger partial charge in [-0.3, -0.25) is 0 Å². The zero-order valence-corrected chi connectivity index (χ0v) is 4.37. The van der Waals surface area contributed by atoms with Crippen LogP contribution < -0.4 is 0 Å². The van der Waals surface area contributed by atoms with Gasteiger partial charge in [0, 0.05) is 24.9 Å². The van der Waals surface area contributed by atoms with Crippen molar-refractivity contribution in [2.45, 2.75) is 0 Å². The van der Waals surface area contributed by atoms with E-state index in [1.54, 1.807) is 0 Å². The smallest absolute Gasteiger partial charge is 0 e. The summed E-state index contributed by atoms with van der Waals surface area (Å²) < 4.78 is 0. The van der Waals surface area contributed by atoms with Crippen molar-refractivity contribution in [3.05, 3.63) is 0 Å².